The molecule has 0 aliphatic rings. The molecule has 1 aromatic heterocycles. The van der Waals surface area contributed by atoms with Gasteiger partial charge in [0.1, 0.15) is 5.75 Å². The number of benzene rings is 1. The molecule has 1 aromatic carbocycles. The summed E-state index contributed by atoms with van der Waals surface area (Å²) in [4.78, 5) is 11.4. The first-order valence-corrected chi connectivity index (χ1v) is 5.24. The summed E-state index contributed by atoms with van der Waals surface area (Å²) in [5.74, 6) is 0.357. The van der Waals surface area contributed by atoms with Gasteiger partial charge < -0.3 is 4.74 Å². The zero-order valence-corrected chi connectivity index (χ0v) is 8.98. The molecule has 6 nitrogen and oxygen atoms in total. The van der Waals surface area contributed by atoms with Gasteiger partial charge in [0.15, 0.2) is 6.61 Å². The van der Waals surface area contributed by atoms with Crippen molar-refractivity contribution in [1.82, 2.24) is 14.8 Å². The fourth-order valence-electron chi connectivity index (χ4n) is 1.00. The third kappa shape index (κ3) is 2.99. The fourth-order valence-corrected chi connectivity index (χ4v) is 1.39. The zero-order valence-electron chi connectivity index (χ0n) is 8.16. The molecule has 0 bridgehead atoms. The van der Waals surface area contributed by atoms with E-state index < -0.39 is 0 Å². The molecule has 0 fully saturated rings. The Morgan fingerprint density at radius 2 is 2.19 bits per heavy atom. The lowest BCUT2D eigenvalue weighted by atomic mass is 10.3. The Bertz CT molecular complexity index is 446. The van der Waals surface area contributed by atoms with Gasteiger partial charge >= 0.3 is 0 Å². The highest BCUT2D eigenvalue weighted by Crippen LogP contribution is 2.08. The number of anilines is 1. The van der Waals surface area contributed by atoms with Gasteiger partial charge in [0.05, 0.1) is 0 Å². The maximum Gasteiger partial charge on any atom is 0.264 e. The van der Waals surface area contributed by atoms with E-state index >= 15 is 0 Å². The van der Waals surface area contributed by atoms with Gasteiger partial charge in [0.2, 0.25) is 5.13 Å². The molecule has 1 amide bonds. The summed E-state index contributed by atoms with van der Waals surface area (Å²) in [7, 11) is 0. The van der Waals surface area contributed by atoms with Gasteiger partial charge in [-0.15, -0.1) is 0 Å². The first-order chi connectivity index (χ1) is 7.84. The van der Waals surface area contributed by atoms with Crippen LogP contribution in [0.1, 0.15) is 0 Å². The largest absolute Gasteiger partial charge is 0.484 e. The number of aromatic nitrogens is 3. The molecule has 1 heterocycles. The topological polar surface area (TPSA) is 77.0 Å². The molecule has 82 valence electrons. The van der Waals surface area contributed by atoms with Crippen molar-refractivity contribution in [2.75, 3.05) is 11.9 Å². The first-order valence-electron chi connectivity index (χ1n) is 4.47. The number of carbonyl (C=O) groups is 1. The van der Waals surface area contributed by atoms with E-state index in [1.165, 1.54) is 0 Å². The number of hydrogen-bond donors (Lipinski definition) is 1. The van der Waals surface area contributed by atoms with E-state index in [-0.39, 0.29) is 12.5 Å². The normalized spacial score (nSPS) is 9.75. The fraction of sp³-hybridized carbons (Fsp3) is 0.111. The summed E-state index contributed by atoms with van der Waals surface area (Å²) in [6.45, 7) is -0.0659. The van der Waals surface area contributed by atoms with Crippen LogP contribution in [0.5, 0.6) is 5.75 Å². The molecular weight excluding hydrogens is 228 g/mol. The number of nitrogens with one attached hydrogen (secondary N) is 1. The maximum atomic E-state index is 11.4. The van der Waals surface area contributed by atoms with Crippen molar-refractivity contribution in [3.63, 3.8) is 0 Å². The van der Waals surface area contributed by atoms with Crippen LogP contribution < -0.4 is 10.1 Å². The van der Waals surface area contributed by atoms with E-state index in [1.54, 1.807) is 12.1 Å². The molecular formula is C9H8N4O2S. The van der Waals surface area contributed by atoms with Gasteiger partial charge in [-0.1, -0.05) is 27.8 Å². The average molecular weight is 236 g/mol. The molecule has 2 aromatic rings. The van der Waals surface area contributed by atoms with Gasteiger partial charge in [-0.25, -0.2) is 0 Å². The van der Waals surface area contributed by atoms with Crippen LogP contribution in [-0.4, -0.2) is 27.3 Å². The monoisotopic (exact) mass is 236 g/mol. The van der Waals surface area contributed by atoms with Crippen molar-refractivity contribution in [3.05, 3.63) is 30.3 Å². The number of carbonyl (C=O) groups excluding carboxylic acids is 1. The Morgan fingerprint density at radius 1 is 1.38 bits per heavy atom. The van der Waals surface area contributed by atoms with Gasteiger partial charge in [-0.2, -0.15) is 0 Å². The second-order valence-electron chi connectivity index (χ2n) is 2.82. The summed E-state index contributed by atoms with van der Waals surface area (Å²) in [6, 6.07) is 9.10. The molecule has 0 saturated carbocycles. The van der Waals surface area contributed by atoms with Crippen molar-refractivity contribution in [2.24, 2.45) is 0 Å². The van der Waals surface area contributed by atoms with Gasteiger partial charge in [0, 0.05) is 11.5 Å². The van der Waals surface area contributed by atoms with Crippen molar-refractivity contribution >= 4 is 22.6 Å². The molecule has 0 spiro atoms. The minimum absolute atomic E-state index is 0.0659. The molecule has 0 saturated heterocycles. The summed E-state index contributed by atoms with van der Waals surface area (Å²) in [5.41, 5.74) is 0. The second-order valence-corrected chi connectivity index (χ2v) is 3.55. The molecule has 0 aliphatic carbocycles. The lowest BCUT2D eigenvalue weighted by Crippen LogP contribution is -2.20. The predicted octanol–water partition coefficient (Wildman–Crippen LogP) is 0.951. The number of nitrogens with zero attached hydrogens (tertiary/aromatic N) is 3. The van der Waals surface area contributed by atoms with E-state index in [2.05, 4.69) is 20.1 Å². The molecule has 7 heteroatoms. The molecule has 0 unspecified atom stereocenters. The Hall–Kier alpha value is -2.02. The standard InChI is InChI=1S/C9H8N4O2S/c14-8(10-9-11-12-13-16-9)6-15-7-4-2-1-3-5-7/h1-5H,6H2,(H,10,11,13,14). The van der Waals surface area contributed by atoms with Crippen LogP contribution in [0.15, 0.2) is 30.3 Å². The van der Waals surface area contributed by atoms with Crippen LogP contribution in [-0.2, 0) is 4.79 Å². The summed E-state index contributed by atoms with van der Waals surface area (Å²) < 4.78 is 8.76. The smallest absolute Gasteiger partial charge is 0.264 e. The lowest BCUT2D eigenvalue weighted by molar-refractivity contribution is -0.118. The molecule has 0 radical (unpaired) electrons. The van der Waals surface area contributed by atoms with Crippen LogP contribution in [0.3, 0.4) is 0 Å². The van der Waals surface area contributed by atoms with E-state index in [0.717, 1.165) is 11.5 Å². The minimum Gasteiger partial charge on any atom is -0.484 e. The van der Waals surface area contributed by atoms with E-state index in [9.17, 15) is 4.79 Å². The zero-order chi connectivity index (χ0) is 11.2. The maximum absolute atomic E-state index is 11.4. The average Bonchev–Trinajstić information content (AvgIpc) is 2.81. The Morgan fingerprint density at radius 3 is 2.88 bits per heavy atom. The Labute approximate surface area is 95.4 Å². The first kappa shape index (κ1) is 10.5. The van der Waals surface area contributed by atoms with E-state index in [4.69, 9.17) is 4.74 Å². The summed E-state index contributed by atoms with van der Waals surface area (Å²) in [6.07, 6.45) is 0. The predicted molar refractivity (Wildman–Crippen MR) is 58.3 cm³/mol. The third-order valence-corrected chi connectivity index (χ3v) is 2.17. The van der Waals surface area contributed by atoms with Crippen LogP contribution in [0, 0.1) is 0 Å². The van der Waals surface area contributed by atoms with Gasteiger partial charge in [0.25, 0.3) is 5.91 Å². The quantitative estimate of drug-likeness (QED) is 0.855. The number of amides is 1. The van der Waals surface area contributed by atoms with Gasteiger partial charge in [-0.3, -0.25) is 10.1 Å². The molecule has 1 N–H and O–H groups in total. The highest BCUT2D eigenvalue weighted by molar-refractivity contribution is 7.09. The molecule has 16 heavy (non-hydrogen) atoms. The molecule has 0 atom stereocenters. The lowest BCUT2D eigenvalue weighted by Gasteiger charge is -2.04. The van der Waals surface area contributed by atoms with Crippen molar-refractivity contribution < 1.29 is 9.53 Å². The Kier molecular flexibility index (Phi) is 3.39. The van der Waals surface area contributed by atoms with Crippen molar-refractivity contribution in [2.45, 2.75) is 0 Å². The minimum atomic E-state index is -0.289. The van der Waals surface area contributed by atoms with Crippen LogP contribution in [0.2, 0.25) is 0 Å². The van der Waals surface area contributed by atoms with Crippen LogP contribution in [0.25, 0.3) is 0 Å². The third-order valence-electron chi connectivity index (χ3n) is 1.66. The SMILES string of the molecule is O=C(COc1ccccc1)Nc1nnns1. The number of para-hydroxylation sites is 1. The highest BCUT2D eigenvalue weighted by atomic mass is 32.1. The van der Waals surface area contributed by atoms with Gasteiger partial charge in [-0.05, 0) is 17.3 Å². The van der Waals surface area contributed by atoms with Crippen LogP contribution in [0.4, 0.5) is 5.13 Å². The molecule has 0 aliphatic heterocycles. The summed E-state index contributed by atoms with van der Waals surface area (Å²) in [5, 5.41) is 9.81. The Balaban J connectivity index is 1.80. The van der Waals surface area contributed by atoms with Crippen molar-refractivity contribution in [3.8, 4) is 5.75 Å². The summed E-state index contributed by atoms with van der Waals surface area (Å²) >= 11 is 1.01. The van der Waals surface area contributed by atoms with E-state index in [1.807, 2.05) is 18.2 Å². The second kappa shape index (κ2) is 5.17. The van der Waals surface area contributed by atoms with E-state index in [0.29, 0.717) is 10.9 Å². The number of ether oxygens (including phenoxy) is 1. The number of rotatable bonds is 4. The highest BCUT2D eigenvalue weighted by Gasteiger charge is 2.05. The molecule has 2 rings (SSSR count). The van der Waals surface area contributed by atoms with Crippen LogP contribution >= 0.6 is 11.5 Å². The van der Waals surface area contributed by atoms with Crippen molar-refractivity contribution in [1.29, 1.82) is 0 Å². The number of hydrogen-bond acceptors (Lipinski definition) is 6.